The molecular weight excluding hydrogens is 402 g/mol. The quantitative estimate of drug-likeness (QED) is 0.404. The Hall–Kier alpha value is -1.94. The fourth-order valence-electron chi connectivity index (χ4n) is 2.61. The summed E-state index contributed by atoms with van der Waals surface area (Å²) in [6.07, 6.45) is 1.54. The second-order valence-electron chi connectivity index (χ2n) is 6.35. The van der Waals surface area contributed by atoms with Crippen LogP contribution in [0.5, 0.6) is 5.75 Å². The normalized spacial score (nSPS) is 12.2. The number of hydrogen-bond donors (Lipinski definition) is 0. The standard InChI is InChI=1S/C19H25NO6S2/c1-25-14-6-13-20(28(23,24)16-18-7-4-3-5-8-18)15-17-9-11-19(12-10-17)26-27(2,21)22/h3-5,7-12H,6,13-16H2,1-2H3. The molecule has 0 heterocycles. The molecule has 0 saturated carbocycles. The highest BCUT2D eigenvalue weighted by Gasteiger charge is 2.22. The van der Waals surface area contributed by atoms with Crippen molar-refractivity contribution >= 4 is 20.1 Å². The Morgan fingerprint density at radius 3 is 2.11 bits per heavy atom. The van der Waals surface area contributed by atoms with Gasteiger partial charge in [-0.15, -0.1) is 0 Å². The summed E-state index contributed by atoms with van der Waals surface area (Å²) in [6, 6.07) is 15.3. The molecule has 0 aliphatic heterocycles. The maximum absolute atomic E-state index is 12.9. The Kier molecular flexibility index (Phi) is 7.99. The van der Waals surface area contributed by atoms with Crippen molar-refractivity contribution in [1.29, 1.82) is 0 Å². The van der Waals surface area contributed by atoms with E-state index in [0.29, 0.717) is 19.6 Å². The Morgan fingerprint density at radius 2 is 1.54 bits per heavy atom. The molecule has 0 spiro atoms. The van der Waals surface area contributed by atoms with Crippen molar-refractivity contribution in [2.75, 3.05) is 26.5 Å². The van der Waals surface area contributed by atoms with Gasteiger partial charge in [-0.3, -0.25) is 0 Å². The smallest absolute Gasteiger partial charge is 0.306 e. The SMILES string of the molecule is COCCCN(Cc1ccc(OS(C)(=O)=O)cc1)S(=O)(=O)Cc1ccccc1. The Morgan fingerprint density at radius 1 is 0.893 bits per heavy atom. The predicted octanol–water partition coefficient (Wildman–Crippen LogP) is 2.39. The molecule has 0 aliphatic carbocycles. The largest absolute Gasteiger partial charge is 0.385 e. The zero-order valence-electron chi connectivity index (χ0n) is 15.9. The first-order valence-electron chi connectivity index (χ1n) is 8.69. The number of hydrogen-bond acceptors (Lipinski definition) is 6. The van der Waals surface area contributed by atoms with Crippen LogP contribution >= 0.6 is 0 Å². The van der Waals surface area contributed by atoms with Gasteiger partial charge in [0.25, 0.3) is 0 Å². The van der Waals surface area contributed by atoms with Crippen molar-refractivity contribution < 1.29 is 25.8 Å². The first kappa shape index (κ1) is 22.4. The lowest BCUT2D eigenvalue weighted by Gasteiger charge is -2.22. The van der Waals surface area contributed by atoms with E-state index >= 15 is 0 Å². The third kappa shape index (κ3) is 7.59. The third-order valence-electron chi connectivity index (χ3n) is 3.87. The minimum absolute atomic E-state index is 0.0872. The molecule has 2 rings (SSSR count). The fraction of sp³-hybridized carbons (Fsp3) is 0.368. The van der Waals surface area contributed by atoms with Crippen molar-refractivity contribution in [1.82, 2.24) is 4.31 Å². The highest BCUT2D eigenvalue weighted by Crippen LogP contribution is 2.18. The van der Waals surface area contributed by atoms with Gasteiger partial charge in [0.1, 0.15) is 5.75 Å². The van der Waals surface area contributed by atoms with Crippen LogP contribution in [0.4, 0.5) is 0 Å². The van der Waals surface area contributed by atoms with Crippen LogP contribution in [0.15, 0.2) is 54.6 Å². The van der Waals surface area contributed by atoms with Crippen molar-refractivity contribution in [3.05, 3.63) is 65.7 Å². The lowest BCUT2D eigenvalue weighted by molar-refractivity contribution is 0.186. The summed E-state index contributed by atoms with van der Waals surface area (Å²) < 4.78 is 59.5. The summed E-state index contributed by atoms with van der Waals surface area (Å²) in [4.78, 5) is 0. The molecule has 7 nitrogen and oxygen atoms in total. The van der Waals surface area contributed by atoms with Crippen LogP contribution < -0.4 is 4.18 Å². The summed E-state index contributed by atoms with van der Waals surface area (Å²) in [5.74, 6) is 0.0974. The van der Waals surface area contributed by atoms with Gasteiger partial charge in [0.15, 0.2) is 0 Å². The van der Waals surface area contributed by atoms with Crippen molar-refractivity contribution in [3.63, 3.8) is 0 Å². The van der Waals surface area contributed by atoms with Crippen LogP contribution in [0, 0.1) is 0 Å². The summed E-state index contributed by atoms with van der Waals surface area (Å²) in [7, 11) is -5.58. The Labute approximate surface area is 167 Å². The molecule has 0 radical (unpaired) electrons. The predicted molar refractivity (Wildman–Crippen MR) is 108 cm³/mol. The molecule has 0 fully saturated rings. The molecule has 0 amide bonds. The molecule has 154 valence electrons. The lowest BCUT2D eigenvalue weighted by atomic mass is 10.2. The number of benzene rings is 2. The van der Waals surface area contributed by atoms with Gasteiger partial charge >= 0.3 is 10.1 Å². The van der Waals surface area contributed by atoms with E-state index in [1.165, 1.54) is 16.4 Å². The van der Waals surface area contributed by atoms with Crippen LogP contribution in [-0.2, 0) is 37.2 Å². The molecule has 2 aromatic carbocycles. The zero-order chi connectivity index (χ0) is 20.6. The average Bonchev–Trinajstić information content (AvgIpc) is 2.62. The van der Waals surface area contributed by atoms with Gasteiger partial charge in [0.2, 0.25) is 10.0 Å². The van der Waals surface area contributed by atoms with E-state index < -0.39 is 20.1 Å². The van der Waals surface area contributed by atoms with Crippen molar-refractivity contribution in [3.8, 4) is 5.75 Å². The van der Waals surface area contributed by atoms with E-state index in [-0.39, 0.29) is 18.0 Å². The third-order valence-corrected chi connectivity index (χ3v) is 6.16. The molecule has 28 heavy (non-hydrogen) atoms. The van der Waals surface area contributed by atoms with E-state index in [4.69, 9.17) is 8.92 Å². The molecule has 0 saturated heterocycles. The van der Waals surface area contributed by atoms with E-state index in [9.17, 15) is 16.8 Å². The van der Waals surface area contributed by atoms with Crippen molar-refractivity contribution in [2.24, 2.45) is 0 Å². The highest BCUT2D eigenvalue weighted by atomic mass is 32.2. The molecule has 0 aliphatic rings. The summed E-state index contributed by atoms with van der Waals surface area (Å²) >= 11 is 0. The molecule has 0 atom stereocenters. The first-order valence-corrected chi connectivity index (χ1v) is 12.1. The van der Waals surface area contributed by atoms with Crippen LogP contribution in [0.3, 0.4) is 0 Å². The zero-order valence-corrected chi connectivity index (χ0v) is 17.6. The Bertz CT molecular complexity index is 942. The van der Waals surface area contributed by atoms with E-state index in [2.05, 4.69) is 0 Å². The van der Waals surface area contributed by atoms with Crippen LogP contribution in [0.2, 0.25) is 0 Å². The fourth-order valence-corrected chi connectivity index (χ4v) is 4.62. The maximum atomic E-state index is 12.9. The molecular formula is C19H25NO6S2. The van der Waals surface area contributed by atoms with E-state index in [1.807, 2.05) is 6.07 Å². The molecule has 0 N–H and O–H groups in total. The molecule has 0 unspecified atom stereocenters. The summed E-state index contributed by atoms with van der Waals surface area (Å²) in [5, 5.41) is 0. The number of methoxy groups -OCH3 is 1. The van der Waals surface area contributed by atoms with Gasteiger partial charge in [0.05, 0.1) is 12.0 Å². The minimum Gasteiger partial charge on any atom is -0.385 e. The summed E-state index contributed by atoms with van der Waals surface area (Å²) in [6.45, 7) is 0.959. The van der Waals surface area contributed by atoms with Crippen LogP contribution in [0.1, 0.15) is 17.5 Å². The molecule has 2 aromatic rings. The summed E-state index contributed by atoms with van der Waals surface area (Å²) in [5.41, 5.74) is 1.45. The van der Waals surface area contributed by atoms with Crippen LogP contribution in [-0.4, -0.2) is 47.7 Å². The first-order chi connectivity index (χ1) is 13.2. The molecule has 9 heteroatoms. The van der Waals surface area contributed by atoms with Gasteiger partial charge < -0.3 is 8.92 Å². The van der Waals surface area contributed by atoms with Gasteiger partial charge in [0, 0.05) is 26.8 Å². The van der Waals surface area contributed by atoms with E-state index in [1.54, 1.807) is 43.5 Å². The number of rotatable bonds is 11. The second kappa shape index (κ2) is 10.0. The van der Waals surface area contributed by atoms with Gasteiger partial charge in [-0.05, 0) is 29.7 Å². The highest BCUT2D eigenvalue weighted by molar-refractivity contribution is 7.88. The minimum atomic E-state index is -3.61. The monoisotopic (exact) mass is 427 g/mol. The topological polar surface area (TPSA) is 90.0 Å². The second-order valence-corrected chi connectivity index (χ2v) is 9.90. The van der Waals surface area contributed by atoms with E-state index in [0.717, 1.165) is 17.4 Å². The molecule has 0 aromatic heterocycles. The number of nitrogens with zero attached hydrogens (tertiary/aromatic N) is 1. The number of ether oxygens (including phenoxy) is 1. The van der Waals surface area contributed by atoms with Gasteiger partial charge in [-0.25, -0.2) is 8.42 Å². The van der Waals surface area contributed by atoms with Gasteiger partial charge in [-0.1, -0.05) is 42.5 Å². The lowest BCUT2D eigenvalue weighted by Crippen LogP contribution is -2.33. The maximum Gasteiger partial charge on any atom is 0.306 e. The Balaban J connectivity index is 2.15. The van der Waals surface area contributed by atoms with Gasteiger partial charge in [-0.2, -0.15) is 12.7 Å². The number of sulfonamides is 1. The van der Waals surface area contributed by atoms with Crippen molar-refractivity contribution in [2.45, 2.75) is 18.7 Å². The average molecular weight is 428 g/mol. The van der Waals surface area contributed by atoms with Crippen LogP contribution in [0.25, 0.3) is 0 Å². The molecule has 0 bridgehead atoms.